The van der Waals surface area contributed by atoms with Gasteiger partial charge in [0.1, 0.15) is 11.5 Å². The molecule has 1 aromatic carbocycles. The van der Waals surface area contributed by atoms with Gasteiger partial charge in [-0.05, 0) is 53.7 Å². The Balaban J connectivity index is 1.62. The molecule has 4 rings (SSSR count). The van der Waals surface area contributed by atoms with Crippen molar-refractivity contribution in [2.75, 3.05) is 7.11 Å². The molecule has 1 aliphatic rings. The van der Waals surface area contributed by atoms with Crippen molar-refractivity contribution in [3.8, 4) is 5.75 Å². The molecular formula is C22H18N4O3S. The normalized spacial score (nSPS) is 16.8. The molecule has 0 spiro atoms. The molecule has 0 unspecified atom stereocenters. The summed E-state index contributed by atoms with van der Waals surface area (Å²) in [5.74, 6) is 1.20. The van der Waals surface area contributed by atoms with Crippen LogP contribution >= 0.6 is 11.8 Å². The fourth-order valence-corrected chi connectivity index (χ4v) is 3.74. The van der Waals surface area contributed by atoms with Crippen LogP contribution in [-0.2, 0) is 11.3 Å². The Hall–Kier alpha value is -3.65. The van der Waals surface area contributed by atoms with Crippen molar-refractivity contribution in [2.24, 2.45) is 10.2 Å². The van der Waals surface area contributed by atoms with Crippen LogP contribution in [-0.4, -0.2) is 34.3 Å². The first-order valence-electron chi connectivity index (χ1n) is 9.12. The maximum Gasteiger partial charge on any atom is 0.267 e. The van der Waals surface area contributed by atoms with Crippen molar-refractivity contribution in [3.05, 3.63) is 89.0 Å². The highest BCUT2D eigenvalue weighted by Gasteiger charge is 2.34. The lowest BCUT2D eigenvalue weighted by Crippen LogP contribution is -2.28. The molecule has 1 fully saturated rings. The number of para-hydroxylation sites is 1. The van der Waals surface area contributed by atoms with E-state index in [1.54, 1.807) is 49.0 Å². The number of hydrogen-bond acceptors (Lipinski definition) is 7. The lowest BCUT2D eigenvalue weighted by Gasteiger charge is -2.12. The summed E-state index contributed by atoms with van der Waals surface area (Å²) in [5, 5.41) is 8.95. The Morgan fingerprint density at radius 3 is 2.87 bits per heavy atom. The average molecular weight is 418 g/mol. The van der Waals surface area contributed by atoms with Crippen molar-refractivity contribution < 1.29 is 13.9 Å². The first-order chi connectivity index (χ1) is 14.7. The summed E-state index contributed by atoms with van der Waals surface area (Å²) >= 11 is 1.26. The number of thioether (sulfide) groups is 1. The topological polar surface area (TPSA) is 80.3 Å². The largest absolute Gasteiger partial charge is 0.496 e. The number of pyridine rings is 1. The Bertz CT molecular complexity index is 1110. The second kappa shape index (κ2) is 9.23. The van der Waals surface area contributed by atoms with E-state index in [9.17, 15) is 4.79 Å². The van der Waals surface area contributed by atoms with E-state index < -0.39 is 0 Å². The molecule has 1 amide bonds. The van der Waals surface area contributed by atoms with E-state index in [-0.39, 0.29) is 12.5 Å². The van der Waals surface area contributed by atoms with Crippen LogP contribution in [0, 0.1) is 0 Å². The fourth-order valence-electron chi connectivity index (χ4n) is 2.81. The van der Waals surface area contributed by atoms with Crippen LogP contribution in [0.2, 0.25) is 0 Å². The van der Waals surface area contributed by atoms with Crippen LogP contribution in [0.4, 0.5) is 0 Å². The monoisotopic (exact) mass is 418 g/mol. The van der Waals surface area contributed by atoms with Crippen molar-refractivity contribution >= 4 is 35.1 Å². The second-order valence-corrected chi connectivity index (χ2v) is 7.25. The van der Waals surface area contributed by atoms with Crippen molar-refractivity contribution in [3.63, 3.8) is 0 Å². The van der Waals surface area contributed by atoms with Crippen molar-refractivity contribution in [2.45, 2.75) is 6.54 Å². The number of methoxy groups -OCH3 is 1. The summed E-state index contributed by atoms with van der Waals surface area (Å²) in [4.78, 5) is 19.2. The quantitative estimate of drug-likeness (QED) is 0.341. The van der Waals surface area contributed by atoms with E-state index in [0.29, 0.717) is 21.6 Å². The van der Waals surface area contributed by atoms with Gasteiger partial charge in [-0.1, -0.05) is 18.2 Å². The minimum absolute atomic E-state index is 0.161. The van der Waals surface area contributed by atoms with Crippen molar-refractivity contribution in [1.82, 2.24) is 9.88 Å². The summed E-state index contributed by atoms with van der Waals surface area (Å²) in [6.45, 7) is 0.270. The minimum Gasteiger partial charge on any atom is -0.496 e. The van der Waals surface area contributed by atoms with Crippen LogP contribution in [0.25, 0.3) is 6.08 Å². The van der Waals surface area contributed by atoms with Crippen LogP contribution in [0.15, 0.2) is 86.7 Å². The number of furan rings is 1. The van der Waals surface area contributed by atoms with Gasteiger partial charge in [0.2, 0.25) is 0 Å². The molecule has 3 heterocycles. The molecule has 8 heteroatoms. The van der Waals surface area contributed by atoms with Gasteiger partial charge in [0.25, 0.3) is 5.91 Å². The number of benzene rings is 1. The van der Waals surface area contributed by atoms with Gasteiger partial charge in [0.05, 0.1) is 31.0 Å². The zero-order chi connectivity index (χ0) is 20.8. The second-order valence-electron chi connectivity index (χ2n) is 6.24. The summed E-state index contributed by atoms with van der Waals surface area (Å²) in [6, 6.07) is 14.8. The minimum atomic E-state index is -0.161. The summed E-state index contributed by atoms with van der Waals surface area (Å²) < 4.78 is 10.7. The van der Waals surface area contributed by atoms with Gasteiger partial charge in [0.15, 0.2) is 5.17 Å². The number of amides is 1. The van der Waals surface area contributed by atoms with Gasteiger partial charge in [-0.3, -0.25) is 14.7 Å². The zero-order valence-corrected chi connectivity index (χ0v) is 17.0. The molecule has 1 saturated heterocycles. The molecule has 150 valence electrons. The lowest BCUT2D eigenvalue weighted by molar-refractivity contribution is -0.122. The molecule has 0 N–H and O–H groups in total. The van der Waals surface area contributed by atoms with Crippen LogP contribution in [0.3, 0.4) is 0 Å². The van der Waals surface area contributed by atoms with Crippen molar-refractivity contribution in [1.29, 1.82) is 0 Å². The molecule has 2 aromatic heterocycles. The van der Waals surface area contributed by atoms with E-state index in [2.05, 4.69) is 15.2 Å². The molecule has 1 aliphatic heterocycles. The van der Waals surface area contributed by atoms with E-state index in [4.69, 9.17) is 9.15 Å². The lowest BCUT2D eigenvalue weighted by atomic mass is 10.2. The maximum absolute atomic E-state index is 13.0. The number of amidine groups is 1. The Kier molecular flexibility index (Phi) is 6.05. The van der Waals surface area contributed by atoms with E-state index in [0.717, 1.165) is 11.1 Å². The fraction of sp³-hybridized carbons (Fsp3) is 0.0909. The number of ether oxygens (including phenoxy) is 1. The Morgan fingerprint density at radius 2 is 2.10 bits per heavy atom. The summed E-state index contributed by atoms with van der Waals surface area (Å²) in [7, 11) is 1.60. The number of nitrogens with zero attached hydrogens (tertiary/aromatic N) is 4. The standard InChI is InChI=1S/C22H18N4O3S/c1-28-19-9-3-2-7-17(19)14-24-25-22-26(15-18-8-5-11-29-18)21(27)20(30-22)12-16-6-4-10-23-13-16/h2-14H,15H2,1H3/b20-12-,24-14-,25-22+. The van der Waals surface area contributed by atoms with Gasteiger partial charge in [0, 0.05) is 18.0 Å². The predicted molar refractivity (Wildman–Crippen MR) is 117 cm³/mol. The van der Waals surface area contributed by atoms with Crippen LogP contribution in [0.5, 0.6) is 5.75 Å². The number of rotatable bonds is 6. The number of aromatic nitrogens is 1. The molecule has 3 aromatic rings. The highest BCUT2D eigenvalue weighted by Crippen LogP contribution is 2.33. The van der Waals surface area contributed by atoms with E-state index in [1.807, 2.05) is 42.5 Å². The third-order valence-electron chi connectivity index (χ3n) is 4.24. The molecule has 0 atom stereocenters. The Morgan fingerprint density at radius 1 is 1.20 bits per heavy atom. The zero-order valence-electron chi connectivity index (χ0n) is 16.1. The number of hydrogen-bond donors (Lipinski definition) is 0. The predicted octanol–water partition coefficient (Wildman–Crippen LogP) is 4.19. The third-order valence-corrected chi connectivity index (χ3v) is 5.24. The third kappa shape index (κ3) is 4.49. The number of carbonyl (C=O) groups is 1. The van der Waals surface area contributed by atoms with Gasteiger partial charge in [-0.25, -0.2) is 0 Å². The average Bonchev–Trinajstić information content (AvgIpc) is 3.39. The highest BCUT2D eigenvalue weighted by molar-refractivity contribution is 8.18. The molecule has 30 heavy (non-hydrogen) atoms. The smallest absolute Gasteiger partial charge is 0.267 e. The number of carbonyl (C=O) groups excluding carboxylic acids is 1. The van der Waals surface area contributed by atoms with Gasteiger partial charge in [-0.15, -0.1) is 5.10 Å². The Labute approximate surface area is 177 Å². The maximum atomic E-state index is 13.0. The summed E-state index contributed by atoms with van der Waals surface area (Å²) in [5.41, 5.74) is 1.63. The van der Waals surface area contributed by atoms with Gasteiger partial charge < -0.3 is 9.15 Å². The SMILES string of the molecule is COc1ccccc1/C=N\N=C1\S/C(=C\c2cccnc2)C(=O)N1Cc1ccco1. The van der Waals surface area contributed by atoms with Gasteiger partial charge in [-0.2, -0.15) is 5.10 Å². The first kappa shape index (κ1) is 19.7. The van der Waals surface area contributed by atoms with E-state index >= 15 is 0 Å². The molecule has 0 radical (unpaired) electrons. The molecule has 0 saturated carbocycles. The summed E-state index contributed by atoms with van der Waals surface area (Å²) in [6.07, 6.45) is 8.36. The molecular weight excluding hydrogens is 400 g/mol. The molecule has 0 bridgehead atoms. The molecule has 7 nitrogen and oxygen atoms in total. The van der Waals surface area contributed by atoms with Crippen LogP contribution < -0.4 is 4.74 Å². The molecule has 0 aliphatic carbocycles. The highest BCUT2D eigenvalue weighted by atomic mass is 32.2. The van der Waals surface area contributed by atoms with Gasteiger partial charge >= 0.3 is 0 Å². The first-order valence-corrected chi connectivity index (χ1v) is 9.94. The van der Waals surface area contributed by atoms with Crippen LogP contribution in [0.1, 0.15) is 16.9 Å². The van der Waals surface area contributed by atoms with E-state index in [1.165, 1.54) is 11.8 Å².